The van der Waals surface area contributed by atoms with Crippen LogP contribution >= 0.6 is 23.2 Å². The van der Waals surface area contributed by atoms with Crippen molar-refractivity contribution in [3.63, 3.8) is 0 Å². The van der Waals surface area contributed by atoms with Gasteiger partial charge >= 0.3 is 0 Å². The second-order valence-corrected chi connectivity index (χ2v) is 4.47. The Morgan fingerprint density at radius 1 is 1.40 bits per heavy atom. The molecule has 1 radical (unpaired) electrons. The zero-order valence-corrected chi connectivity index (χ0v) is 6.52. The molecule has 0 bridgehead atoms. The molecule has 0 aromatic rings. The molecule has 2 saturated carbocycles. The molecule has 2 aliphatic rings. The third kappa shape index (κ3) is 0.928. The first kappa shape index (κ1) is 7.11. The molecule has 0 nitrogen and oxygen atoms in total. The number of hydrogen-bond donors (Lipinski definition) is 0. The first-order chi connectivity index (χ1) is 4.43. The molecule has 10 heavy (non-hydrogen) atoms. The number of hydrogen-bond acceptors (Lipinski definition) is 0. The van der Waals surface area contributed by atoms with E-state index in [0.29, 0.717) is 6.42 Å². The molecule has 0 aromatic heterocycles. The van der Waals surface area contributed by atoms with Gasteiger partial charge in [-0.2, -0.15) is 0 Å². The smallest absolute Gasteiger partial charge is 0.206 e. The first-order valence-corrected chi connectivity index (χ1v) is 3.81. The van der Waals surface area contributed by atoms with Crippen LogP contribution in [0.15, 0.2) is 0 Å². The van der Waals surface area contributed by atoms with E-state index >= 15 is 0 Å². The van der Waals surface area contributed by atoms with E-state index in [4.69, 9.17) is 23.2 Å². The number of halogens is 4. The summed E-state index contributed by atoms with van der Waals surface area (Å²) in [5, 5.41) is 0. The zero-order chi connectivity index (χ0) is 7.57. The van der Waals surface area contributed by atoms with Crippen molar-refractivity contribution in [2.24, 2.45) is 5.92 Å². The Labute approximate surface area is 67.5 Å². The van der Waals surface area contributed by atoms with Crippen LogP contribution in [0.2, 0.25) is 0 Å². The fourth-order valence-corrected chi connectivity index (χ4v) is 1.74. The molecule has 0 N–H and O–H groups in total. The average molecular weight is 186 g/mol. The lowest BCUT2D eigenvalue weighted by atomic mass is 10.3. The molecule has 57 valence electrons. The molecule has 1 unspecified atom stereocenters. The van der Waals surface area contributed by atoms with Gasteiger partial charge in [-0.25, -0.2) is 8.78 Å². The van der Waals surface area contributed by atoms with Gasteiger partial charge in [0.05, 0.1) is 5.92 Å². The van der Waals surface area contributed by atoms with Gasteiger partial charge in [-0.1, -0.05) is 0 Å². The highest BCUT2D eigenvalue weighted by molar-refractivity contribution is 6.51. The Balaban J connectivity index is 1.96. The largest absolute Gasteiger partial charge is 0.255 e. The zero-order valence-electron chi connectivity index (χ0n) is 5.00. The van der Waals surface area contributed by atoms with Crippen molar-refractivity contribution in [3.05, 3.63) is 5.92 Å². The molecule has 0 heterocycles. The van der Waals surface area contributed by atoms with Crippen LogP contribution in [0.4, 0.5) is 8.78 Å². The topological polar surface area (TPSA) is 0 Å². The summed E-state index contributed by atoms with van der Waals surface area (Å²) in [6, 6.07) is 0. The van der Waals surface area contributed by atoms with Crippen LogP contribution in [0, 0.1) is 11.8 Å². The van der Waals surface area contributed by atoms with Crippen molar-refractivity contribution in [2.75, 3.05) is 0 Å². The summed E-state index contributed by atoms with van der Waals surface area (Å²) in [6.45, 7) is 0. The number of rotatable bonds is 1. The maximum Gasteiger partial charge on any atom is 0.255 e. The quantitative estimate of drug-likeness (QED) is 0.552. The molecule has 4 heteroatoms. The predicted molar refractivity (Wildman–Crippen MR) is 35.4 cm³/mol. The lowest BCUT2D eigenvalue weighted by Crippen LogP contribution is -1.98. The molecular formula is C6H5Cl2F2. The average Bonchev–Trinajstić information content (AvgIpc) is 2.49. The summed E-state index contributed by atoms with van der Waals surface area (Å²) in [4.78, 5) is 0. The van der Waals surface area contributed by atoms with Crippen LogP contribution in [-0.4, -0.2) is 10.3 Å². The molecular weight excluding hydrogens is 181 g/mol. The highest BCUT2D eigenvalue weighted by atomic mass is 35.5. The highest BCUT2D eigenvalue weighted by Gasteiger charge is 2.71. The summed E-state index contributed by atoms with van der Waals surface area (Å²) in [5.74, 6) is -2.53. The van der Waals surface area contributed by atoms with E-state index in [-0.39, 0.29) is 18.3 Å². The minimum Gasteiger partial charge on any atom is -0.206 e. The van der Waals surface area contributed by atoms with Gasteiger partial charge in [0.1, 0.15) is 4.33 Å². The Hall–Kier alpha value is 0.440. The second kappa shape index (κ2) is 1.61. The maximum absolute atomic E-state index is 12.3. The van der Waals surface area contributed by atoms with Crippen molar-refractivity contribution in [3.8, 4) is 0 Å². The van der Waals surface area contributed by atoms with Gasteiger partial charge in [0.2, 0.25) is 0 Å². The monoisotopic (exact) mass is 185 g/mol. The fraction of sp³-hybridized carbons (Fsp3) is 0.833. The molecule has 0 spiro atoms. The third-order valence-electron chi connectivity index (χ3n) is 2.00. The SMILES string of the molecule is FC1(F)C[C]1C1CC1(Cl)Cl. The van der Waals surface area contributed by atoms with Gasteiger partial charge in [0.25, 0.3) is 5.92 Å². The molecule has 2 aliphatic carbocycles. The van der Waals surface area contributed by atoms with E-state index in [0.717, 1.165) is 0 Å². The summed E-state index contributed by atoms with van der Waals surface area (Å²) in [7, 11) is 0. The normalized spacial score (nSPS) is 41.4. The van der Waals surface area contributed by atoms with Crippen LogP contribution in [0.25, 0.3) is 0 Å². The molecule has 0 aliphatic heterocycles. The van der Waals surface area contributed by atoms with Gasteiger partial charge in [0.15, 0.2) is 0 Å². The van der Waals surface area contributed by atoms with Gasteiger partial charge in [-0.15, -0.1) is 23.2 Å². The lowest BCUT2D eigenvalue weighted by Gasteiger charge is -1.95. The predicted octanol–water partition coefficient (Wildman–Crippen LogP) is 2.79. The summed E-state index contributed by atoms with van der Waals surface area (Å²) >= 11 is 11.2. The van der Waals surface area contributed by atoms with Crippen LogP contribution < -0.4 is 0 Å². The third-order valence-corrected chi connectivity index (χ3v) is 2.84. The Morgan fingerprint density at radius 3 is 1.90 bits per heavy atom. The van der Waals surface area contributed by atoms with Crippen molar-refractivity contribution in [1.82, 2.24) is 0 Å². The van der Waals surface area contributed by atoms with Gasteiger partial charge in [0, 0.05) is 12.3 Å². The Kier molecular flexibility index (Phi) is 1.14. The second-order valence-electron chi connectivity index (χ2n) is 2.92. The summed E-state index contributed by atoms with van der Waals surface area (Å²) in [5.41, 5.74) is 0. The van der Waals surface area contributed by atoms with E-state index in [1.807, 2.05) is 0 Å². The van der Waals surface area contributed by atoms with Crippen molar-refractivity contribution in [1.29, 1.82) is 0 Å². The van der Waals surface area contributed by atoms with E-state index in [9.17, 15) is 8.78 Å². The minimum atomic E-state index is -2.55. The molecule has 2 rings (SSSR count). The van der Waals surface area contributed by atoms with E-state index in [1.54, 1.807) is 0 Å². The summed E-state index contributed by atoms with van der Waals surface area (Å²) < 4.78 is 23.7. The molecule has 0 saturated heterocycles. The Morgan fingerprint density at radius 2 is 1.80 bits per heavy atom. The molecule has 0 amide bonds. The van der Waals surface area contributed by atoms with Crippen LogP contribution in [-0.2, 0) is 0 Å². The lowest BCUT2D eigenvalue weighted by molar-refractivity contribution is 0.124. The molecule has 2 fully saturated rings. The highest BCUT2D eigenvalue weighted by Crippen LogP contribution is 2.69. The summed E-state index contributed by atoms with van der Waals surface area (Å²) in [6.07, 6.45) is 0.403. The van der Waals surface area contributed by atoms with Crippen LogP contribution in [0.5, 0.6) is 0 Å². The van der Waals surface area contributed by atoms with Crippen LogP contribution in [0.1, 0.15) is 12.8 Å². The Bertz CT molecular complexity index is 159. The van der Waals surface area contributed by atoms with Crippen molar-refractivity contribution in [2.45, 2.75) is 23.1 Å². The first-order valence-electron chi connectivity index (χ1n) is 3.05. The molecule has 1 atom stereocenters. The van der Waals surface area contributed by atoms with Gasteiger partial charge in [-0.3, -0.25) is 0 Å². The maximum atomic E-state index is 12.3. The van der Waals surface area contributed by atoms with Crippen molar-refractivity contribution < 1.29 is 8.78 Å². The van der Waals surface area contributed by atoms with Crippen LogP contribution in [0.3, 0.4) is 0 Å². The minimum absolute atomic E-state index is 0.0984. The van der Waals surface area contributed by atoms with Gasteiger partial charge < -0.3 is 0 Å². The van der Waals surface area contributed by atoms with Gasteiger partial charge in [-0.05, 0) is 6.42 Å². The van der Waals surface area contributed by atoms with E-state index < -0.39 is 10.3 Å². The van der Waals surface area contributed by atoms with Crippen molar-refractivity contribution >= 4 is 23.2 Å². The molecule has 0 aromatic carbocycles. The standard InChI is InChI=1S/C6H5Cl2F2/c7-5(8)1-3(5)4-2-6(4,9)10/h3H,1-2H2. The fourth-order valence-electron chi connectivity index (χ4n) is 1.16. The number of alkyl halides is 4. The van der Waals surface area contributed by atoms with E-state index in [1.165, 1.54) is 0 Å². The van der Waals surface area contributed by atoms with E-state index in [2.05, 4.69) is 0 Å².